The van der Waals surface area contributed by atoms with Gasteiger partial charge in [-0.25, -0.2) is 4.68 Å². The second-order valence-electron chi connectivity index (χ2n) is 7.26. The van der Waals surface area contributed by atoms with Crippen LogP contribution < -0.4 is 10.6 Å². The molecular weight excluding hydrogens is 302 g/mol. The molecule has 0 spiro atoms. The number of nitrogens with zero attached hydrogens (tertiary/aromatic N) is 3. The molecule has 1 aliphatic carbocycles. The van der Waals surface area contributed by atoms with Gasteiger partial charge in [0.2, 0.25) is 5.91 Å². The number of anilines is 1. The molecule has 24 heavy (non-hydrogen) atoms. The first-order valence-corrected chi connectivity index (χ1v) is 9.46. The third-order valence-electron chi connectivity index (χ3n) is 5.49. The van der Waals surface area contributed by atoms with Crippen molar-refractivity contribution >= 4 is 11.7 Å². The molecule has 1 aromatic rings. The highest BCUT2D eigenvalue weighted by molar-refractivity contribution is 5.91. The molecule has 2 N–H and O–H groups in total. The van der Waals surface area contributed by atoms with Crippen molar-refractivity contribution < 1.29 is 4.79 Å². The van der Waals surface area contributed by atoms with E-state index in [-0.39, 0.29) is 5.91 Å². The Hall–Kier alpha value is -1.40. The van der Waals surface area contributed by atoms with Gasteiger partial charge in [-0.2, -0.15) is 5.10 Å². The summed E-state index contributed by atoms with van der Waals surface area (Å²) in [5, 5.41) is 10.7. The van der Waals surface area contributed by atoms with Crippen molar-refractivity contribution in [3.05, 3.63) is 12.3 Å². The van der Waals surface area contributed by atoms with E-state index >= 15 is 0 Å². The molecule has 6 heteroatoms. The first-order valence-electron chi connectivity index (χ1n) is 9.46. The third kappa shape index (κ3) is 4.57. The van der Waals surface area contributed by atoms with Gasteiger partial charge >= 0.3 is 0 Å². The van der Waals surface area contributed by atoms with Crippen LogP contribution in [-0.4, -0.2) is 53.8 Å². The van der Waals surface area contributed by atoms with E-state index in [4.69, 9.17) is 0 Å². The van der Waals surface area contributed by atoms with E-state index in [2.05, 4.69) is 20.6 Å². The van der Waals surface area contributed by atoms with E-state index < -0.39 is 0 Å². The summed E-state index contributed by atoms with van der Waals surface area (Å²) in [5.74, 6) is 1.75. The summed E-state index contributed by atoms with van der Waals surface area (Å²) in [6.07, 6.45) is 10.3. The summed E-state index contributed by atoms with van der Waals surface area (Å²) in [6, 6.07) is 2.37. The summed E-state index contributed by atoms with van der Waals surface area (Å²) < 4.78 is 2.01. The summed E-state index contributed by atoms with van der Waals surface area (Å²) in [6.45, 7) is 3.65. The van der Waals surface area contributed by atoms with E-state index in [1.807, 2.05) is 17.8 Å². The fourth-order valence-corrected chi connectivity index (χ4v) is 4.02. The molecule has 3 rings (SSSR count). The molecule has 1 aromatic heterocycles. The minimum atomic E-state index is 0.0865. The van der Waals surface area contributed by atoms with Crippen LogP contribution in [0.25, 0.3) is 0 Å². The van der Waals surface area contributed by atoms with Gasteiger partial charge in [-0.3, -0.25) is 9.69 Å². The summed E-state index contributed by atoms with van der Waals surface area (Å²) in [5.41, 5.74) is 0. The second kappa shape index (κ2) is 8.62. The molecule has 1 amide bonds. The van der Waals surface area contributed by atoms with Crippen molar-refractivity contribution in [1.29, 1.82) is 0 Å². The van der Waals surface area contributed by atoms with Gasteiger partial charge in [-0.1, -0.05) is 12.8 Å². The van der Waals surface area contributed by atoms with E-state index in [1.54, 1.807) is 6.20 Å². The fourth-order valence-electron chi connectivity index (χ4n) is 4.02. The fraction of sp³-hybridized carbons (Fsp3) is 0.778. The number of rotatable bonds is 7. The molecule has 0 atom stereocenters. The highest BCUT2D eigenvalue weighted by Crippen LogP contribution is 2.31. The van der Waals surface area contributed by atoms with Gasteiger partial charge in [0, 0.05) is 6.07 Å². The number of amides is 1. The Morgan fingerprint density at radius 2 is 2.00 bits per heavy atom. The van der Waals surface area contributed by atoms with Crippen LogP contribution in [0.4, 0.5) is 5.82 Å². The third-order valence-corrected chi connectivity index (χ3v) is 5.49. The minimum absolute atomic E-state index is 0.0865. The molecule has 0 radical (unpaired) electrons. The minimum Gasteiger partial charge on any atom is -0.320 e. The molecular formula is C18H31N5O. The molecule has 6 nitrogen and oxygen atoms in total. The van der Waals surface area contributed by atoms with Gasteiger partial charge < -0.3 is 10.6 Å². The standard InChI is InChI=1S/C18H31N5O/c1-19-10-6-15-8-12-22(13-9-15)14-18(24)21-17-7-11-20-23(17)16-4-2-3-5-16/h7,11,15-16,19H,2-6,8-10,12-14H2,1H3,(H,21,24). The maximum absolute atomic E-state index is 12.4. The summed E-state index contributed by atoms with van der Waals surface area (Å²) >= 11 is 0. The van der Waals surface area contributed by atoms with Gasteiger partial charge in [-0.05, 0) is 64.7 Å². The topological polar surface area (TPSA) is 62.2 Å². The second-order valence-corrected chi connectivity index (χ2v) is 7.26. The highest BCUT2D eigenvalue weighted by Gasteiger charge is 2.23. The normalized spacial score (nSPS) is 20.5. The Labute approximate surface area is 145 Å². The SMILES string of the molecule is CNCCC1CCN(CC(=O)Nc2ccnn2C2CCCC2)CC1. The number of piperidine rings is 1. The number of aromatic nitrogens is 2. The van der Waals surface area contributed by atoms with Crippen molar-refractivity contribution in [3.8, 4) is 0 Å². The molecule has 0 aromatic carbocycles. The molecule has 2 heterocycles. The predicted octanol–water partition coefficient (Wildman–Crippen LogP) is 2.26. The van der Waals surface area contributed by atoms with E-state index in [9.17, 15) is 4.79 Å². The number of likely N-dealkylation sites (tertiary alicyclic amines) is 1. The van der Waals surface area contributed by atoms with Crippen LogP contribution in [0.1, 0.15) is 51.0 Å². The lowest BCUT2D eigenvalue weighted by Crippen LogP contribution is -2.39. The van der Waals surface area contributed by atoms with Crippen molar-refractivity contribution in [1.82, 2.24) is 20.0 Å². The smallest absolute Gasteiger partial charge is 0.239 e. The molecule has 1 saturated carbocycles. The number of carbonyl (C=O) groups is 1. The van der Waals surface area contributed by atoms with Crippen molar-refractivity contribution in [2.75, 3.05) is 38.5 Å². The molecule has 2 fully saturated rings. The van der Waals surface area contributed by atoms with Gasteiger partial charge in [0.1, 0.15) is 5.82 Å². The van der Waals surface area contributed by atoms with Crippen LogP contribution >= 0.6 is 0 Å². The van der Waals surface area contributed by atoms with Crippen LogP contribution in [0, 0.1) is 5.92 Å². The maximum atomic E-state index is 12.4. The lowest BCUT2D eigenvalue weighted by molar-refractivity contribution is -0.117. The first-order chi connectivity index (χ1) is 11.8. The Bertz CT molecular complexity index is 515. The van der Waals surface area contributed by atoms with Crippen LogP contribution in [0.5, 0.6) is 0 Å². The molecule has 1 saturated heterocycles. The molecule has 2 aliphatic rings. The Kier molecular flexibility index (Phi) is 6.26. The number of hydrogen-bond acceptors (Lipinski definition) is 4. The summed E-state index contributed by atoms with van der Waals surface area (Å²) in [7, 11) is 2.01. The van der Waals surface area contributed by atoms with E-state index in [1.165, 1.54) is 44.9 Å². The van der Waals surface area contributed by atoms with Crippen molar-refractivity contribution in [3.63, 3.8) is 0 Å². The average molecular weight is 333 g/mol. The van der Waals surface area contributed by atoms with Gasteiger partial charge in [0.25, 0.3) is 0 Å². The molecule has 1 aliphatic heterocycles. The van der Waals surface area contributed by atoms with E-state index in [0.29, 0.717) is 12.6 Å². The maximum Gasteiger partial charge on any atom is 0.239 e. The zero-order chi connectivity index (χ0) is 16.8. The zero-order valence-corrected chi connectivity index (χ0v) is 14.8. The Balaban J connectivity index is 1.44. The lowest BCUT2D eigenvalue weighted by Gasteiger charge is -2.31. The summed E-state index contributed by atoms with van der Waals surface area (Å²) in [4.78, 5) is 14.7. The monoisotopic (exact) mass is 333 g/mol. The van der Waals surface area contributed by atoms with Crippen molar-refractivity contribution in [2.24, 2.45) is 5.92 Å². The van der Waals surface area contributed by atoms with Crippen LogP contribution in [0.2, 0.25) is 0 Å². The predicted molar refractivity (Wildman–Crippen MR) is 96.1 cm³/mol. The largest absolute Gasteiger partial charge is 0.320 e. The van der Waals surface area contributed by atoms with Crippen LogP contribution in [-0.2, 0) is 4.79 Å². The number of nitrogens with one attached hydrogen (secondary N) is 2. The van der Waals surface area contributed by atoms with Crippen LogP contribution in [0.3, 0.4) is 0 Å². The first kappa shape index (κ1) is 17.4. The van der Waals surface area contributed by atoms with Crippen LogP contribution in [0.15, 0.2) is 12.3 Å². The molecule has 0 bridgehead atoms. The average Bonchev–Trinajstić information content (AvgIpc) is 3.25. The number of hydrogen-bond donors (Lipinski definition) is 2. The quantitative estimate of drug-likeness (QED) is 0.803. The molecule has 134 valence electrons. The van der Waals surface area contributed by atoms with Gasteiger partial charge in [0.05, 0.1) is 18.8 Å². The molecule has 0 unspecified atom stereocenters. The van der Waals surface area contributed by atoms with Crippen molar-refractivity contribution in [2.45, 2.75) is 51.0 Å². The number of carbonyl (C=O) groups excluding carboxylic acids is 1. The van der Waals surface area contributed by atoms with Gasteiger partial charge in [-0.15, -0.1) is 0 Å². The Morgan fingerprint density at radius 1 is 1.25 bits per heavy atom. The Morgan fingerprint density at radius 3 is 2.71 bits per heavy atom. The van der Waals surface area contributed by atoms with E-state index in [0.717, 1.165) is 31.4 Å². The zero-order valence-electron chi connectivity index (χ0n) is 14.8. The lowest BCUT2D eigenvalue weighted by atomic mass is 9.93. The van der Waals surface area contributed by atoms with Gasteiger partial charge in [0.15, 0.2) is 0 Å². The highest BCUT2D eigenvalue weighted by atomic mass is 16.2.